The zero-order chi connectivity index (χ0) is 36.4. The van der Waals surface area contributed by atoms with Crippen LogP contribution < -0.4 is 9.80 Å². The van der Waals surface area contributed by atoms with Crippen LogP contribution in [-0.2, 0) is 0 Å². The smallest absolute Gasteiger partial charge is 0.123 e. The van der Waals surface area contributed by atoms with E-state index in [1.54, 1.807) is 24.3 Å². The van der Waals surface area contributed by atoms with E-state index in [1.165, 1.54) is 12.1 Å². The molecule has 0 unspecified atom stereocenters. The van der Waals surface area contributed by atoms with Crippen molar-refractivity contribution < 1.29 is 8.78 Å². The Kier molecular flexibility index (Phi) is 8.62. The van der Waals surface area contributed by atoms with Crippen molar-refractivity contribution in [3.63, 3.8) is 0 Å². The van der Waals surface area contributed by atoms with Gasteiger partial charge in [-0.2, -0.15) is 0 Å². The highest BCUT2D eigenvalue weighted by molar-refractivity contribution is 6.22. The van der Waals surface area contributed by atoms with E-state index >= 15 is 0 Å². The molecule has 9 aromatic rings. The van der Waals surface area contributed by atoms with Gasteiger partial charge < -0.3 is 9.80 Å². The maximum atomic E-state index is 14.9. The Balaban J connectivity index is 1.27. The average Bonchev–Trinajstić information content (AvgIpc) is 3.22. The summed E-state index contributed by atoms with van der Waals surface area (Å²) in [7, 11) is 0. The molecule has 0 aromatic heterocycles. The summed E-state index contributed by atoms with van der Waals surface area (Å²) in [5.74, 6) is -0.603. The largest absolute Gasteiger partial charge is 0.311 e. The highest BCUT2D eigenvalue weighted by Crippen LogP contribution is 2.47. The molecule has 0 N–H and O–H groups in total. The van der Waals surface area contributed by atoms with Gasteiger partial charge in [-0.1, -0.05) is 109 Å². The summed E-state index contributed by atoms with van der Waals surface area (Å²) in [6.07, 6.45) is 0. The van der Waals surface area contributed by atoms with Gasteiger partial charge in [0.1, 0.15) is 11.6 Å². The first-order valence-corrected chi connectivity index (χ1v) is 18.0. The third-order valence-corrected chi connectivity index (χ3v) is 9.90. The van der Waals surface area contributed by atoms with Crippen LogP contribution in [-0.4, -0.2) is 0 Å². The van der Waals surface area contributed by atoms with E-state index < -0.39 is 0 Å². The number of anilines is 6. The van der Waals surface area contributed by atoms with Gasteiger partial charge in [0, 0.05) is 34.1 Å². The molecule has 2 nitrogen and oxygen atoms in total. The first-order chi connectivity index (χ1) is 26.6. The van der Waals surface area contributed by atoms with E-state index in [0.29, 0.717) is 0 Å². The molecule has 9 aromatic carbocycles. The summed E-state index contributed by atoms with van der Waals surface area (Å²) < 4.78 is 29.8. The van der Waals surface area contributed by atoms with Crippen molar-refractivity contribution in [3.05, 3.63) is 218 Å². The topological polar surface area (TPSA) is 6.48 Å². The molecular formula is C50H34F2N2. The van der Waals surface area contributed by atoms with Gasteiger partial charge in [-0.25, -0.2) is 8.78 Å². The van der Waals surface area contributed by atoms with Crippen molar-refractivity contribution in [3.8, 4) is 22.3 Å². The van der Waals surface area contributed by atoms with Gasteiger partial charge in [0.15, 0.2) is 0 Å². The molecule has 0 heterocycles. The minimum absolute atomic E-state index is 0.299. The second kappa shape index (κ2) is 14.2. The lowest BCUT2D eigenvalue weighted by Gasteiger charge is -2.29. The van der Waals surface area contributed by atoms with Crippen molar-refractivity contribution in [1.29, 1.82) is 0 Å². The van der Waals surface area contributed by atoms with E-state index in [4.69, 9.17) is 0 Å². The molecule has 0 fully saturated rings. The molecule has 54 heavy (non-hydrogen) atoms. The van der Waals surface area contributed by atoms with Crippen molar-refractivity contribution in [2.45, 2.75) is 0 Å². The number of halogens is 2. The summed E-state index contributed by atoms with van der Waals surface area (Å²) in [6, 6.07) is 67.7. The lowest BCUT2D eigenvalue weighted by molar-refractivity contribution is 0.628. The van der Waals surface area contributed by atoms with E-state index in [9.17, 15) is 8.78 Å². The first-order valence-electron chi connectivity index (χ1n) is 18.0. The predicted molar refractivity (Wildman–Crippen MR) is 222 cm³/mol. The molecule has 0 saturated heterocycles. The Hall–Kier alpha value is -7.04. The fourth-order valence-electron chi connectivity index (χ4n) is 7.59. The van der Waals surface area contributed by atoms with Gasteiger partial charge in [0.25, 0.3) is 0 Å². The second-order valence-electron chi connectivity index (χ2n) is 13.2. The number of hydrogen-bond donors (Lipinski definition) is 0. The van der Waals surface area contributed by atoms with Crippen LogP contribution >= 0.6 is 0 Å². The summed E-state index contributed by atoms with van der Waals surface area (Å²) in [6.45, 7) is 0. The first kappa shape index (κ1) is 32.8. The lowest BCUT2D eigenvalue weighted by Crippen LogP contribution is -2.12. The molecule has 0 aliphatic rings. The van der Waals surface area contributed by atoms with Gasteiger partial charge >= 0.3 is 0 Å². The summed E-state index contributed by atoms with van der Waals surface area (Å²) >= 11 is 0. The standard InChI is InChI=1S/C50H34F2N2/c51-37-16-12-14-35(32-37)49-45-24-10-11-25-46(45)50(36-15-13-17-38(52)33-36)48-34-44(30-31-47(48)49)54(41-22-8-3-9-23-41)43-28-26-42(27-29-43)53(39-18-4-1-5-19-39)40-20-6-2-7-21-40/h1-34H. The van der Waals surface area contributed by atoms with E-state index in [-0.39, 0.29) is 11.6 Å². The monoisotopic (exact) mass is 700 g/mol. The third-order valence-electron chi connectivity index (χ3n) is 9.90. The second-order valence-corrected chi connectivity index (χ2v) is 13.2. The van der Waals surface area contributed by atoms with Crippen LogP contribution in [0.3, 0.4) is 0 Å². The van der Waals surface area contributed by atoms with Crippen molar-refractivity contribution in [2.24, 2.45) is 0 Å². The Labute approximate surface area is 313 Å². The minimum Gasteiger partial charge on any atom is -0.311 e. The van der Waals surface area contributed by atoms with Crippen LogP contribution in [0.4, 0.5) is 42.9 Å². The molecule has 0 aliphatic heterocycles. The number of benzene rings is 9. The molecule has 0 amide bonds. The Morgan fingerprint density at radius 1 is 0.259 bits per heavy atom. The maximum Gasteiger partial charge on any atom is 0.123 e. The van der Waals surface area contributed by atoms with Crippen LogP contribution in [0.25, 0.3) is 43.8 Å². The Morgan fingerprint density at radius 3 is 1.06 bits per heavy atom. The number of hydrogen-bond acceptors (Lipinski definition) is 2. The van der Waals surface area contributed by atoms with Crippen LogP contribution in [0, 0.1) is 11.6 Å². The zero-order valence-corrected chi connectivity index (χ0v) is 29.3. The highest BCUT2D eigenvalue weighted by atomic mass is 19.1. The summed E-state index contributed by atoms with van der Waals surface area (Å²) in [5, 5.41) is 3.82. The van der Waals surface area contributed by atoms with E-state index in [1.807, 2.05) is 54.6 Å². The lowest BCUT2D eigenvalue weighted by atomic mass is 9.85. The Bertz CT molecular complexity index is 2690. The molecule has 0 bridgehead atoms. The highest BCUT2D eigenvalue weighted by Gasteiger charge is 2.21. The fourth-order valence-corrected chi connectivity index (χ4v) is 7.59. The van der Waals surface area contributed by atoms with Gasteiger partial charge in [0.2, 0.25) is 0 Å². The van der Waals surface area contributed by atoms with Gasteiger partial charge in [-0.15, -0.1) is 0 Å². The molecular weight excluding hydrogens is 667 g/mol. The fraction of sp³-hybridized carbons (Fsp3) is 0. The van der Waals surface area contributed by atoms with E-state index in [0.717, 1.165) is 77.9 Å². The van der Waals surface area contributed by atoms with Crippen LogP contribution in [0.2, 0.25) is 0 Å². The number of nitrogens with zero attached hydrogens (tertiary/aromatic N) is 2. The van der Waals surface area contributed by atoms with Crippen molar-refractivity contribution in [1.82, 2.24) is 0 Å². The number of fused-ring (bicyclic) bond motifs is 2. The SMILES string of the molecule is Fc1cccc(-c2c3ccccc3c(-c3cccc(F)c3)c3cc(N(c4ccccc4)c4ccc(N(c5ccccc5)c5ccccc5)cc4)ccc23)c1. The van der Waals surface area contributed by atoms with Crippen LogP contribution in [0.5, 0.6) is 0 Å². The van der Waals surface area contributed by atoms with Gasteiger partial charge in [-0.3, -0.25) is 0 Å². The summed E-state index contributed by atoms with van der Waals surface area (Å²) in [4.78, 5) is 4.49. The van der Waals surface area contributed by atoms with Crippen LogP contribution in [0.15, 0.2) is 206 Å². The molecule has 258 valence electrons. The molecule has 0 spiro atoms. The van der Waals surface area contributed by atoms with Gasteiger partial charge in [-0.05, 0) is 141 Å². The third kappa shape index (κ3) is 6.14. The normalized spacial score (nSPS) is 11.1. The minimum atomic E-state index is -0.304. The number of rotatable bonds is 8. The van der Waals surface area contributed by atoms with E-state index in [2.05, 4.69) is 125 Å². The molecule has 0 saturated carbocycles. The molecule has 0 aliphatic carbocycles. The molecule has 9 rings (SSSR count). The van der Waals surface area contributed by atoms with Crippen molar-refractivity contribution >= 4 is 55.7 Å². The zero-order valence-electron chi connectivity index (χ0n) is 29.3. The quantitative estimate of drug-likeness (QED) is 0.146. The molecule has 0 radical (unpaired) electrons. The maximum absolute atomic E-state index is 14.9. The van der Waals surface area contributed by atoms with Crippen LogP contribution in [0.1, 0.15) is 0 Å². The average molecular weight is 701 g/mol. The Morgan fingerprint density at radius 2 is 0.611 bits per heavy atom. The number of para-hydroxylation sites is 3. The summed E-state index contributed by atoms with van der Waals surface area (Å²) in [5.41, 5.74) is 9.48. The molecule has 4 heteroatoms. The van der Waals surface area contributed by atoms with Crippen molar-refractivity contribution in [2.75, 3.05) is 9.80 Å². The molecule has 0 atom stereocenters. The van der Waals surface area contributed by atoms with Gasteiger partial charge in [0.05, 0.1) is 0 Å². The predicted octanol–water partition coefficient (Wildman–Crippen LogP) is 14.5.